The minimum absolute atomic E-state index is 0.0362. The summed E-state index contributed by atoms with van der Waals surface area (Å²) in [6, 6.07) is 18.8. The number of pyridine rings is 1. The van der Waals surface area contributed by atoms with Crippen molar-refractivity contribution in [3.63, 3.8) is 0 Å². The monoisotopic (exact) mass is 405 g/mol. The van der Waals surface area contributed by atoms with Crippen molar-refractivity contribution in [1.29, 1.82) is 0 Å². The van der Waals surface area contributed by atoms with Gasteiger partial charge in [-0.05, 0) is 49.7 Å². The molecule has 0 aliphatic rings. The fraction of sp³-hybridized carbons (Fsp3) is 0.174. The Bertz CT molecular complexity index is 1070. The van der Waals surface area contributed by atoms with E-state index in [4.69, 9.17) is 4.74 Å². The van der Waals surface area contributed by atoms with E-state index in [2.05, 4.69) is 10.9 Å². The summed E-state index contributed by atoms with van der Waals surface area (Å²) in [5.74, 6) is -0.326. The zero-order valence-electron chi connectivity index (χ0n) is 16.8. The summed E-state index contributed by atoms with van der Waals surface area (Å²) in [4.78, 5) is 36.8. The van der Waals surface area contributed by atoms with Gasteiger partial charge in [0.15, 0.2) is 0 Å². The number of rotatable bonds is 6. The van der Waals surface area contributed by atoms with E-state index >= 15 is 0 Å². The van der Waals surface area contributed by atoms with Crippen LogP contribution >= 0.6 is 0 Å². The number of nitrogens with one attached hydrogen (secondary N) is 2. The predicted molar refractivity (Wildman–Crippen MR) is 113 cm³/mol. The number of nitrogens with zero attached hydrogens (tertiary/aromatic N) is 1. The number of ether oxygens (including phenoxy) is 1. The van der Waals surface area contributed by atoms with Gasteiger partial charge >= 0.3 is 0 Å². The van der Waals surface area contributed by atoms with E-state index in [-0.39, 0.29) is 17.2 Å². The van der Waals surface area contributed by atoms with Crippen molar-refractivity contribution >= 4 is 11.8 Å². The lowest BCUT2D eigenvalue weighted by atomic mass is 10.2. The van der Waals surface area contributed by atoms with Gasteiger partial charge in [0.1, 0.15) is 5.75 Å². The van der Waals surface area contributed by atoms with E-state index in [9.17, 15) is 14.4 Å². The summed E-state index contributed by atoms with van der Waals surface area (Å²) in [5.41, 5.74) is 6.10. The highest BCUT2D eigenvalue weighted by Crippen LogP contribution is 2.13. The molecule has 0 saturated carbocycles. The minimum atomic E-state index is -0.523. The van der Waals surface area contributed by atoms with Crippen LogP contribution in [-0.2, 0) is 6.54 Å². The van der Waals surface area contributed by atoms with Gasteiger partial charge in [0.25, 0.3) is 17.4 Å². The van der Waals surface area contributed by atoms with Crippen LogP contribution in [-0.4, -0.2) is 22.5 Å². The summed E-state index contributed by atoms with van der Waals surface area (Å²) in [6.07, 6.45) is 1.50. The summed E-state index contributed by atoms with van der Waals surface area (Å²) in [6.45, 7) is 4.18. The second kappa shape index (κ2) is 9.56. The largest absolute Gasteiger partial charge is 0.491 e. The number of aromatic nitrogens is 1. The molecule has 2 aromatic carbocycles. The van der Waals surface area contributed by atoms with Gasteiger partial charge in [-0.2, -0.15) is 0 Å². The van der Waals surface area contributed by atoms with E-state index in [0.717, 1.165) is 5.56 Å². The highest BCUT2D eigenvalue weighted by Gasteiger charge is 2.11. The molecule has 30 heavy (non-hydrogen) atoms. The number of carbonyl (C=O) groups excluding carboxylic acids is 2. The van der Waals surface area contributed by atoms with Crippen molar-refractivity contribution in [2.24, 2.45) is 0 Å². The van der Waals surface area contributed by atoms with Crippen molar-refractivity contribution in [3.05, 3.63) is 100.0 Å². The van der Waals surface area contributed by atoms with E-state index in [0.29, 0.717) is 17.9 Å². The second-order valence-electron chi connectivity index (χ2n) is 6.97. The van der Waals surface area contributed by atoms with Crippen molar-refractivity contribution < 1.29 is 14.3 Å². The molecule has 3 rings (SSSR count). The number of carbonyl (C=O) groups is 2. The molecule has 2 N–H and O–H groups in total. The van der Waals surface area contributed by atoms with Gasteiger partial charge in [0.05, 0.1) is 18.2 Å². The third kappa shape index (κ3) is 5.57. The van der Waals surface area contributed by atoms with Crippen LogP contribution in [0.5, 0.6) is 5.75 Å². The zero-order chi connectivity index (χ0) is 21.5. The quantitative estimate of drug-likeness (QED) is 0.617. The van der Waals surface area contributed by atoms with Crippen molar-refractivity contribution in [2.75, 3.05) is 0 Å². The van der Waals surface area contributed by atoms with E-state index in [1.54, 1.807) is 24.3 Å². The van der Waals surface area contributed by atoms with Crippen molar-refractivity contribution in [2.45, 2.75) is 26.5 Å². The average Bonchev–Trinajstić information content (AvgIpc) is 2.74. The lowest BCUT2D eigenvalue weighted by Crippen LogP contribution is -2.42. The molecule has 0 spiro atoms. The summed E-state index contributed by atoms with van der Waals surface area (Å²) >= 11 is 0. The van der Waals surface area contributed by atoms with Gasteiger partial charge in [-0.25, -0.2) is 0 Å². The number of hydrazine groups is 1. The molecule has 0 fully saturated rings. The maximum atomic E-state index is 12.4. The molecule has 3 aromatic rings. The first-order valence-corrected chi connectivity index (χ1v) is 9.54. The average molecular weight is 405 g/mol. The second-order valence-corrected chi connectivity index (χ2v) is 6.97. The first-order chi connectivity index (χ1) is 14.4. The molecule has 0 bridgehead atoms. The maximum absolute atomic E-state index is 12.4. The number of hydrogen-bond acceptors (Lipinski definition) is 4. The van der Waals surface area contributed by atoms with Gasteiger partial charge in [0, 0.05) is 17.8 Å². The SMILES string of the molecule is CC(C)Oc1ccc(C(=O)NNC(=O)c2ccc(=O)n(Cc3ccccc3)c2)cc1. The molecule has 0 aliphatic carbocycles. The molecular weight excluding hydrogens is 382 g/mol. The Morgan fingerprint density at radius 3 is 2.10 bits per heavy atom. The molecular formula is C23H23N3O4. The molecule has 0 radical (unpaired) electrons. The molecule has 0 aliphatic heterocycles. The van der Waals surface area contributed by atoms with Gasteiger partial charge in [-0.3, -0.25) is 25.2 Å². The molecule has 1 aromatic heterocycles. The Hall–Kier alpha value is -3.87. The van der Waals surface area contributed by atoms with Crippen LogP contribution in [0.25, 0.3) is 0 Å². The van der Waals surface area contributed by atoms with Crippen LogP contribution in [0.15, 0.2) is 77.7 Å². The Kier molecular flexibility index (Phi) is 6.64. The molecule has 0 saturated heterocycles. The van der Waals surface area contributed by atoms with E-state index < -0.39 is 11.8 Å². The van der Waals surface area contributed by atoms with E-state index in [1.165, 1.54) is 22.9 Å². The van der Waals surface area contributed by atoms with Crippen LogP contribution < -0.4 is 21.1 Å². The lowest BCUT2D eigenvalue weighted by Gasteiger charge is -2.11. The Morgan fingerprint density at radius 1 is 0.867 bits per heavy atom. The van der Waals surface area contributed by atoms with Gasteiger partial charge in [0.2, 0.25) is 0 Å². The van der Waals surface area contributed by atoms with Crippen LogP contribution in [0.3, 0.4) is 0 Å². The van der Waals surface area contributed by atoms with Crippen LogP contribution in [0.1, 0.15) is 40.1 Å². The Morgan fingerprint density at radius 2 is 1.47 bits per heavy atom. The molecule has 2 amide bonds. The molecule has 1 heterocycles. The maximum Gasteiger partial charge on any atom is 0.271 e. The van der Waals surface area contributed by atoms with Gasteiger partial charge < -0.3 is 9.30 Å². The molecule has 7 nitrogen and oxygen atoms in total. The lowest BCUT2D eigenvalue weighted by molar-refractivity contribution is 0.0846. The highest BCUT2D eigenvalue weighted by atomic mass is 16.5. The number of amides is 2. The number of hydrogen-bond donors (Lipinski definition) is 2. The summed E-state index contributed by atoms with van der Waals surface area (Å²) < 4.78 is 6.98. The molecule has 0 atom stereocenters. The number of benzene rings is 2. The predicted octanol–water partition coefficient (Wildman–Crippen LogP) is 2.76. The topological polar surface area (TPSA) is 89.4 Å². The first-order valence-electron chi connectivity index (χ1n) is 9.54. The first kappa shape index (κ1) is 20.9. The van der Waals surface area contributed by atoms with E-state index in [1.807, 2.05) is 44.2 Å². The van der Waals surface area contributed by atoms with Crippen LogP contribution in [0.2, 0.25) is 0 Å². The molecule has 0 unspecified atom stereocenters. The summed E-state index contributed by atoms with van der Waals surface area (Å²) in [7, 11) is 0. The fourth-order valence-electron chi connectivity index (χ4n) is 2.78. The zero-order valence-corrected chi connectivity index (χ0v) is 16.8. The highest BCUT2D eigenvalue weighted by molar-refractivity contribution is 5.98. The van der Waals surface area contributed by atoms with Crippen molar-refractivity contribution in [3.8, 4) is 5.75 Å². The third-order valence-corrected chi connectivity index (χ3v) is 4.22. The van der Waals surface area contributed by atoms with Crippen LogP contribution in [0, 0.1) is 0 Å². The minimum Gasteiger partial charge on any atom is -0.491 e. The fourth-order valence-corrected chi connectivity index (χ4v) is 2.78. The normalized spacial score (nSPS) is 10.5. The van der Waals surface area contributed by atoms with Crippen molar-refractivity contribution in [1.82, 2.24) is 15.4 Å². The van der Waals surface area contributed by atoms with Gasteiger partial charge in [-0.15, -0.1) is 0 Å². The summed E-state index contributed by atoms with van der Waals surface area (Å²) in [5, 5.41) is 0. The van der Waals surface area contributed by atoms with Crippen LogP contribution in [0.4, 0.5) is 0 Å². The smallest absolute Gasteiger partial charge is 0.271 e. The standard InChI is InChI=1S/C23H23N3O4/c1-16(2)30-20-11-8-18(9-12-20)22(28)24-25-23(29)19-10-13-21(27)26(15-19)14-17-6-4-3-5-7-17/h3-13,15-16H,14H2,1-2H3,(H,24,28)(H,25,29). The molecule has 154 valence electrons. The Labute approximate surface area is 174 Å². The Balaban J connectivity index is 1.62. The third-order valence-electron chi connectivity index (χ3n) is 4.22. The van der Waals surface area contributed by atoms with Gasteiger partial charge in [-0.1, -0.05) is 30.3 Å². The molecule has 7 heteroatoms.